The molecule has 3 rings (SSSR count). The molecule has 0 aromatic carbocycles. The third-order valence-corrected chi connectivity index (χ3v) is 3.26. The summed E-state index contributed by atoms with van der Waals surface area (Å²) in [5.41, 5.74) is 1.45. The molecule has 0 aliphatic carbocycles. The van der Waals surface area contributed by atoms with Crippen LogP contribution in [0.4, 0.5) is 4.79 Å². The van der Waals surface area contributed by atoms with Crippen LogP contribution in [0, 0.1) is 0 Å². The van der Waals surface area contributed by atoms with Crippen molar-refractivity contribution in [3.05, 3.63) is 24.1 Å². The Labute approximate surface area is 125 Å². The Balaban J connectivity index is 1.41. The predicted molar refractivity (Wildman–Crippen MR) is 72.3 cm³/mol. The molecule has 0 atom stereocenters. The molecule has 0 spiro atoms. The molecule has 1 aliphatic rings. The minimum atomic E-state index is -0.861. The molecule has 2 aromatic heterocycles. The normalized spacial score (nSPS) is 15.6. The molecule has 1 aliphatic heterocycles. The smallest absolute Gasteiger partial charge is 0.463 e. The number of aromatic nitrogens is 1. The van der Waals surface area contributed by atoms with Gasteiger partial charge in [-0.1, -0.05) is 0 Å². The standard InChI is InChI=1S/C14H15NO7/c16-13(11-7-12-10(15-11)3-6-19-12)20-8-21-14(17)22-9-1-4-18-5-2-9/h3,6-7,9,15H,1-2,4-5,8H2. The average Bonchev–Trinajstić information content (AvgIpc) is 3.09. The van der Waals surface area contributed by atoms with E-state index < -0.39 is 18.9 Å². The molecule has 8 nitrogen and oxygen atoms in total. The minimum Gasteiger partial charge on any atom is -0.463 e. The molecule has 8 heteroatoms. The van der Waals surface area contributed by atoms with Crippen LogP contribution < -0.4 is 0 Å². The summed E-state index contributed by atoms with van der Waals surface area (Å²) in [6, 6.07) is 3.20. The van der Waals surface area contributed by atoms with Crippen molar-refractivity contribution in [2.75, 3.05) is 20.0 Å². The number of carbonyl (C=O) groups excluding carboxylic acids is 2. The first-order valence-electron chi connectivity index (χ1n) is 6.87. The van der Waals surface area contributed by atoms with Gasteiger partial charge in [0.25, 0.3) is 0 Å². The summed E-state index contributed by atoms with van der Waals surface area (Å²) in [5, 5.41) is 0. The van der Waals surface area contributed by atoms with Gasteiger partial charge in [0.1, 0.15) is 11.8 Å². The van der Waals surface area contributed by atoms with Gasteiger partial charge in [-0.15, -0.1) is 0 Å². The fraction of sp³-hybridized carbons (Fsp3) is 0.429. The number of carbonyl (C=O) groups is 2. The van der Waals surface area contributed by atoms with E-state index >= 15 is 0 Å². The summed E-state index contributed by atoms with van der Waals surface area (Å²) in [5.74, 6) is -0.648. The highest BCUT2D eigenvalue weighted by molar-refractivity contribution is 5.93. The fourth-order valence-corrected chi connectivity index (χ4v) is 2.13. The lowest BCUT2D eigenvalue weighted by molar-refractivity contribution is -0.0575. The summed E-state index contributed by atoms with van der Waals surface area (Å²) in [7, 11) is 0. The Morgan fingerprint density at radius 1 is 1.27 bits per heavy atom. The highest BCUT2D eigenvalue weighted by atomic mass is 16.8. The molecule has 118 valence electrons. The Bertz CT molecular complexity index is 624. The summed E-state index contributed by atoms with van der Waals surface area (Å²) < 4.78 is 24.9. The van der Waals surface area contributed by atoms with Gasteiger partial charge in [0.05, 0.1) is 25.0 Å². The Hall–Kier alpha value is -2.48. The highest BCUT2D eigenvalue weighted by Crippen LogP contribution is 2.16. The third kappa shape index (κ3) is 3.40. The van der Waals surface area contributed by atoms with Crippen molar-refractivity contribution in [3.8, 4) is 0 Å². The molecule has 0 radical (unpaired) electrons. The Morgan fingerprint density at radius 3 is 2.86 bits per heavy atom. The summed E-state index contributed by atoms with van der Waals surface area (Å²) in [6.07, 6.45) is 1.70. The maximum atomic E-state index is 11.7. The largest absolute Gasteiger partial charge is 0.511 e. The van der Waals surface area contributed by atoms with Crippen LogP contribution >= 0.6 is 0 Å². The molecule has 22 heavy (non-hydrogen) atoms. The van der Waals surface area contributed by atoms with Crippen LogP contribution in [0.3, 0.4) is 0 Å². The van der Waals surface area contributed by atoms with Gasteiger partial charge in [-0.2, -0.15) is 0 Å². The van der Waals surface area contributed by atoms with Crippen LogP contribution in [0.5, 0.6) is 0 Å². The zero-order valence-corrected chi connectivity index (χ0v) is 11.7. The second-order valence-corrected chi connectivity index (χ2v) is 4.76. The molecule has 0 saturated carbocycles. The van der Waals surface area contributed by atoms with E-state index in [4.69, 9.17) is 23.4 Å². The Kier molecular flexibility index (Phi) is 4.29. The van der Waals surface area contributed by atoms with E-state index in [-0.39, 0.29) is 11.8 Å². The molecule has 1 N–H and O–H groups in total. The number of nitrogens with one attached hydrogen (secondary N) is 1. The third-order valence-electron chi connectivity index (χ3n) is 3.26. The zero-order valence-electron chi connectivity index (χ0n) is 11.7. The van der Waals surface area contributed by atoms with Crippen molar-refractivity contribution >= 4 is 23.2 Å². The number of H-pyrrole nitrogens is 1. The van der Waals surface area contributed by atoms with Gasteiger partial charge in [0.15, 0.2) is 5.58 Å². The van der Waals surface area contributed by atoms with E-state index in [0.29, 0.717) is 37.2 Å². The van der Waals surface area contributed by atoms with Crippen LogP contribution in [0.25, 0.3) is 11.1 Å². The highest BCUT2D eigenvalue weighted by Gasteiger charge is 2.19. The van der Waals surface area contributed by atoms with Crippen molar-refractivity contribution in [1.82, 2.24) is 4.98 Å². The SMILES string of the molecule is O=C(OCOC(=O)c1cc2occc2[nH]1)OC1CCOCC1. The van der Waals surface area contributed by atoms with E-state index in [1.54, 1.807) is 6.07 Å². The van der Waals surface area contributed by atoms with E-state index in [0.717, 1.165) is 0 Å². The molecule has 1 saturated heterocycles. The van der Waals surface area contributed by atoms with E-state index in [2.05, 4.69) is 4.98 Å². The van der Waals surface area contributed by atoms with Crippen LogP contribution in [-0.4, -0.2) is 43.2 Å². The van der Waals surface area contributed by atoms with Crippen molar-refractivity contribution in [3.63, 3.8) is 0 Å². The fourth-order valence-electron chi connectivity index (χ4n) is 2.13. The number of furan rings is 1. The second-order valence-electron chi connectivity index (χ2n) is 4.76. The molecule has 0 amide bonds. The van der Waals surface area contributed by atoms with Gasteiger partial charge < -0.3 is 28.3 Å². The van der Waals surface area contributed by atoms with Gasteiger partial charge in [0, 0.05) is 25.0 Å². The molecule has 1 fully saturated rings. The number of aromatic amines is 1. The lowest BCUT2D eigenvalue weighted by atomic mass is 10.2. The molecule has 0 bridgehead atoms. The average molecular weight is 309 g/mol. The topological polar surface area (TPSA) is 100.0 Å². The van der Waals surface area contributed by atoms with Crippen LogP contribution in [0.2, 0.25) is 0 Å². The second kappa shape index (κ2) is 6.52. The number of hydrogen-bond acceptors (Lipinski definition) is 7. The van der Waals surface area contributed by atoms with Crippen molar-refractivity contribution in [1.29, 1.82) is 0 Å². The molecular weight excluding hydrogens is 294 g/mol. The van der Waals surface area contributed by atoms with Crippen molar-refractivity contribution in [2.24, 2.45) is 0 Å². The molecule has 2 aromatic rings. The van der Waals surface area contributed by atoms with Crippen LogP contribution in [0.15, 0.2) is 22.8 Å². The number of rotatable bonds is 4. The summed E-state index contributed by atoms with van der Waals surface area (Å²) in [6.45, 7) is 0.600. The predicted octanol–water partition coefficient (Wildman–Crippen LogP) is 2.21. The first-order valence-corrected chi connectivity index (χ1v) is 6.87. The molecule has 0 unspecified atom stereocenters. The van der Waals surface area contributed by atoms with Gasteiger partial charge in [-0.3, -0.25) is 0 Å². The van der Waals surface area contributed by atoms with E-state index in [1.807, 2.05) is 0 Å². The van der Waals surface area contributed by atoms with E-state index in [1.165, 1.54) is 12.3 Å². The number of hydrogen-bond donors (Lipinski definition) is 1. The lowest BCUT2D eigenvalue weighted by Gasteiger charge is -2.21. The zero-order chi connectivity index (χ0) is 15.4. The van der Waals surface area contributed by atoms with Gasteiger partial charge in [-0.25, -0.2) is 9.59 Å². The maximum absolute atomic E-state index is 11.7. The molecule has 3 heterocycles. The van der Waals surface area contributed by atoms with Crippen molar-refractivity contribution in [2.45, 2.75) is 18.9 Å². The quantitative estimate of drug-likeness (QED) is 0.682. The van der Waals surface area contributed by atoms with Crippen LogP contribution in [-0.2, 0) is 18.9 Å². The monoisotopic (exact) mass is 309 g/mol. The van der Waals surface area contributed by atoms with Gasteiger partial charge in [-0.05, 0) is 0 Å². The van der Waals surface area contributed by atoms with Gasteiger partial charge >= 0.3 is 12.1 Å². The number of esters is 1. The van der Waals surface area contributed by atoms with Crippen molar-refractivity contribution < 1.29 is 33.0 Å². The summed E-state index contributed by atoms with van der Waals surface area (Å²) >= 11 is 0. The first-order chi connectivity index (χ1) is 10.7. The Morgan fingerprint density at radius 2 is 2.09 bits per heavy atom. The van der Waals surface area contributed by atoms with Crippen LogP contribution in [0.1, 0.15) is 23.3 Å². The molecular formula is C14H15NO7. The van der Waals surface area contributed by atoms with E-state index in [9.17, 15) is 9.59 Å². The first kappa shape index (κ1) is 14.5. The minimum absolute atomic E-state index is 0.215. The number of ether oxygens (including phenoxy) is 4. The van der Waals surface area contributed by atoms with Gasteiger partial charge in [0.2, 0.25) is 6.79 Å². The maximum Gasteiger partial charge on any atom is 0.511 e. The number of fused-ring (bicyclic) bond motifs is 1. The summed E-state index contributed by atoms with van der Waals surface area (Å²) in [4.78, 5) is 26.0. The lowest BCUT2D eigenvalue weighted by Crippen LogP contribution is -2.27.